The molecule has 0 saturated heterocycles. The number of benzene rings is 1. The molecule has 0 radical (unpaired) electrons. The first-order valence-corrected chi connectivity index (χ1v) is 8.05. The van der Waals surface area contributed by atoms with Gasteiger partial charge in [-0.1, -0.05) is 24.3 Å². The first kappa shape index (κ1) is 16.6. The van der Waals surface area contributed by atoms with E-state index in [2.05, 4.69) is 29.0 Å². The largest absolute Gasteiger partial charge is 0.402 e. The van der Waals surface area contributed by atoms with Crippen LogP contribution in [0.4, 0.5) is 0 Å². The minimum atomic E-state index is 0.399. The Morgan fingerprint density at radius 1 is 0.960 bits per heavy atom. The van der Waals surface area contributed by atoms with Crippen molar-refractivity contribution >= 4 is 11.3 Å². The molecule has 4 heteroatoms. The molecule has 1 aromatic carbocycles. The van der Waals surface area contributed by atoms with E-state index >= 15 is 0 Å². The van der Waals surface area contributed by atoms with Crippen molar-refractivity contribution in [1.29, 1.82) is 5.41 Å². The van der Waals surface area contributed by atoms with Crippen molar-refractivity contribution in [2.75, 3.05) is 0 Å². The standard InChI is InChI=1S/C21H20N4/c1-14-12-17(5-6-19(14)18-4-3-9-25-13-18)20(15(2)22)21(23)16-7-10-24-11-8-16/h3-13,23H,22H2,1-2H3/b20-15-,23-21?. The minimum absolute atomic E-state index is 0.399. The van der Waals surface area contributed by atoms with Crippen molar-refractivity contribution in [2.45, 2.75) is 13.8 Å². The van der Waals surface area contributed by atoms with E-state index in [1.54, 1.807) is 18.6 Å². The van der Waals surface area contributed by atoms with Crippen LogP contribution in [0.15, 0.2) is 72.9 Å². The lowest BCUT2D eigenvalue weighted by Crippen LogP contribution is -2.09. The Balaban J connectivity index is 2.04. The molecule has 0 bridgehead atoms. The Kier molecular flexibility index (Phi) is 4.70. The van der Waals surface area contributed by atoms with Crippen LogP contribution in [-0.2, 0) is 0 Å². The number of allylic oxidation sites excluding steroid dienone is 2. The van der Waals surface area contributed by atoms with Gasteiger partial charge in [0.15, 0.2) is 0 Å². The van der Waals surface area contributed by atoms with Crippen molar-refractivity contribution in [3.05, 3.63) is 89.6 Å². The Morgan fingerprint density at radius 3 is 2.32 bits per heavy atom. The number of aromatic nitrogens is 2. The molecule has 4 nitrogen and oxygen atoms in total. The van der Waals surface area contributed by atoms with E-state index in [-0.39, 0.29) is 0 Å². The SMILES string of the molecule is C/C(N)=C(/C(=N)c1ccncc1)c1ccc(-c2cccnc2)c(C)c1. The van der Waals surface area contributed by atoms with Crippen LogP contribution < -0.4 is 5.73 Å². The summed E-state index contributed by atoms with van der Waals surface area (Å²) in [4.78, 5) is 8.20. The molecule has 0 saturated carbocycles. The molecular formula is C21H20N4. The lowest BCUT2D eigenvalue weighted by Gasteiger charge is -2.14. The van der Waals surface area contributed by atoms with Crippen LogP contribution in [0.25, 0.3) is 16.7 Å². The van der Waals surface area contributed by atoms with Gasteiger partial charge in [-0.25, -0.2) is 0 Å². The molecule has 0 amide bonds. The predicted molar refractivity (Wildman–Crippen MR) is 102 cm³/mol. The number of nitrogens with zero attached hydrogens (tertiary/aromatic N) is 2. The fourth-order valence-corrected chi connectivity index (χ4v) is 2.90. The van der Waals surface area contributed by atoms with Crippen LogP contribution in [0.1, 0.15) is 23.6 Å². The Morgan fingerprint density at radius 2 is 1.72 bits per heavy atom. The molecule has 2 heterocycles. The summed E-state index contributed by atoms with van der Waals surface area (Å²) in [5.41, 5.74) is 12.9. The highest BCUT2D eigenvalue weighted by molar-refractivity contribution is 6.30. The number of pyridine rings is 2. The maximum Gasteiger partial charge on any atom is 0.0708 e. The van der Waals surface area contributed by atoms with E-state index in [0.29, 0.717) is 11.4 Å². The third-order valence-corrected chi connectivity index (χ3v) is 4.10. The fourth-order valence-electron chi connectivity index (χ4n) is 2.90. The van der Waals surface area contributed by atoms with Crippen molar-refractivity contribution < 1.29 is 0 Å². The van der Waals surface area contributed by atoms with Crippen molar-refractivity contribution in [3.63, 3.8) is 0 Å². The number of aryl methyl sites for hydroxylation is 1. The van der Waals surface area contributed by atoms with E-state index < -0.39 is 0 Å². The van der Waals surface area contributed by atoms with Crippen LogP contribution >= 0.6 is 0 Å². The normalized spacial score (nSPS) is 11.8. The highest BCUT2D eigenvalue weighted by Gasteiger charge is 2.14. The van der Waals surface area contributed by atoms with Gasteiger partial charge in [-0.2, -0.15) is 0 Å². The first-order chi connectivity index (χ1) is 12.1. The Labute approximate surface area is 147 Å². The molecule has 0 spiro atoms. The summed E-state index contributed by atoms with van der Waals surface area (Å²) in [7, 11) is 0. The smallest absolute Gasteiger partial charge is 0.0708 e. The summed E-state index contributed by atoms with van der Waals surface area (Å²) in [6.07, 6.45) is 6.99. The molecule has 3 N–H and O–H groups in total. The maximum absolute atomic E-state index is 8.57. The highest BCUT2D eigenvalue weighted by atomic mass is 14.6. The first-order valence-electron chi connectivity index (χ1n) is 8.05. The third-order valence-electron chi connectivity index (χ3n) is 4.10. The second-order valence-corrected chi connectivity index (χ2v) is 5.94. The zero-order chi connectivity index (χ0) is 17.8. The van der Waals surface area contributed by atoms with Crippen LogP contribution in [0.2, 0.25) is 0 Å². The van der Waals surface area contributed by atoms with Gasteiger partial charge in [0.1, 0.15) is 0 Å². The zero-order valence-electron chi connectivity index (χ0n) is 14.3. The number of hydrogen-bond acceptors (Lipinski definition) is 4. The van der Waals surface area contributed by atoms with Gasteiger partial charge in [-0.15, -0.1) is 0 Å². The quantitative estimate of drug-likeness (QED) is 0.704. The lowest BCUT2D eigenvalue weighted by atomic mass is 9.91. The molecule has 0 fully saturated rings. The minimum Gasteiger partial charge on any atom is -0.402 e. The summed E-state index contributed by atoms with van der Waals surface area (Å²) < 4.78 is 0. The van der Waals surface area contributed by atoms with E-state index in [9.17, 15) is 0 Å². The van der Waals surface area contributed by atoms with Crippen LogP contribution in [-0.4, -0.2) is 15.7 Å². The van der Waals surface area contributed by atoms with Gasteiger partial charge >= 0.3 is 0 Å². The molecule has 0 unspecified atom stereocenters. The average Bonchev–Trinajstić information content (AvgIpc) is 2.63. The number of hydrogen-bond donors (Lipinski definition) is 2. The van der Waals surface area contributed by atoms with Gasteiger partial charge in [0.2, 0.25) is 0 Å². The summed E-state index contributed by atoms with van der Waals surface area (Å²) in [5, 5.41) is 8.57. The monoisotopic (exact) mass is 328 g/mol. The average molecular weight is 328 g/mol. The van der Waals surface area contributed by atoms with Crippen molar-refractivity contribution in [1.82, 2.24) is 9.97 Å². The van der Waals surface area contributed by atoms with Crippen LogP contribution in [0, 0.1) is 12.3 Å². The van der Waals surface area contributed by atoms with Crippen molar-refractivity contribution in [2.24, 2.45) is 5.73 Å². The van der Waals surface area contributed by atoms with E-state index in [1.165, 1.54) is 0 Å². The maximum atomic E-state index is 8.57. The van der Waals surface area contributed by atoms with Crippen LogP contribution in [0.3, 0.4) is 0 Å². The van der Waals surface area contributed by atoms with Gasteiger partial charge in [0.25, 0.3) is 0 Å². The molecule has 0 atom stereocenters. The molecule has 25 heavy (non-hydrogen) atoms. The molecule has 3 aromatic rings. The van der Waals surface area contributed by atoms with Gasteiger partial charge in [0.05, 0.1) is 5.71 Å². The van der Waals surface area contributed by atoms with E-state index in [0.717, 1.165) is 33.4 Å². The predicted octanol–water partition coefficient (Wildman–Crippen LogP) is 4.21. The lowest BCUT2D eigenvalue weighted by molar-refractivity contribution is 1.29. The Bertz CT molecular complexity index is 925. The number of rotatable bonds is 4. The summed E-state index contributed by atoms with van der Waals surface area (Å²) in [6.45, 7) is 3.89. The van der Waals surface area contributed by atoms with E-state index in [1.807, 2.05) is 43.5 Å². The molecular weight excluding hydrogens is 308 g/mol. The number of nitrogens with two attached hydrogens (primary N) is 1. The number of nitrogens with one attached hydrogen (secondary N) is 1. The third kappa shape index (κ3) is 3.48. The van der Waals surface area contributed by atoms with Crippen LogP contribution in [0.5, 0.6) is 0 Å². The fraction of sp³-hybridized carbons (Fsp3) is 0.0952. The van der Waals surface area contributed by atoms with Gasteiger partial charge in [-0.3, -0.25) is 15.4 Å². The molecule has 2 aromatic heterocycles. The van der Waals surface area contributed by atoms with Gasteiger partial charge in [-0.05, 0) is 48.7 Å². The summed E-state index contributed by atoms with van der Waals surface area (Å²) >= 11 is 0. The van der Waals surface area contributed by atoms with Gasteiger partial charge in [0, 0.05) is 47.2 Å². The topological polar surface area (TPSA) is 75.7 Å². The Hall–Kier alpha value is -3.27. The molecule has 0 aliphatic heterocycles. The zero-order valence-corrected chi connectivity index (χ0v) is 14.3. The second kappa shape index (κ2) is 7.09. The molecule has 3 rings (SSSR count). The molecule has 0 aliphatic rings. The molecule has 0 aliphatic carbocycles. The van der Waals surface area contributed by atoms with Gasteiger partial charge < -0.3 is 5.73 Å². The van der Waals surface area contributed by atoms with E-state index in [4.69, 9.17) is 11.1 Å². The molecule has 124 valence electrons. The second-order valence-electron chi connectivity index (χ2n) is 5.94. The summed E-state index contributed by atoms with van der Waals surface area (Å²) in [5.74, 6) is 0. The summed E-state index contributed by atoms with van der Waals surface area (Å²) in [6, 6.07) is 13.8. The van der Waals surface area contributed by atoms with Crippen molar-refractivity contribution in [3.8, 4) is 11.1 Å². The highest BCUT2D eigenvalue weighted by Crippen LogP contribution is 2.28.